The van der Waals surface area contributed by atoms with Crippen molar-refractivity contribution in [2.75, 3.05) is 14.2 Å². The largest absolute Gasteiger partial charge is 0.497 e. The lowest BCUT2D eigenvalue weighted by Crippen LogP contribution is -2.31. The van der Waals surface area contributed by atoms with E-state index in [2.05, 4.69) is 15.8 Å². The first-order chi connectivity index (χ1) is 11.2. The molecule has 0 bridgehead atoms. The molecule has 0 aromatic heterocycles. The summed E-state index contributed by atoms with van der Waals surface area (Å²) in [5.74, 6) is 1.41. The predicted octanol–water partition coefficient (Wildman–Crippen LogP) is 2.70. The number of benzene rings is 2. The lowest BCUT2D eigenvalue weighted by Gasteiger charge is -2.07. The lowest BCUT2D eigenvalue weighted by atomic mass is 10.2. The second-order valence-electron chi connectivity index (χ2n) is 4.68. The molecule has 0 saturated heterocycles. The van der Waals surface area contributed by atoms with Crippen LogP contribution in [0.15, 0.2) is 53.6 Å². The van der Waals surface area contributed by atoms with Gasteiger partial charge in [-0.3, -0.25) is 5.43 Å². The molecule has 0 fully saturated rings. The Bertz CT molecular complexity index is 653. The van der Waals surface area contributed by atoms with Gasteiger partial charge in [0.25, 0.3) is 0 Å². The summed E-state index contributed by atoms with van der Waals surface area (Å²) in [6.07, 6.45) is 1.65. The van der Waals surface area contributed by atoms with Crippen LogP contribution in [0.2, 0.25) is 0 Å². The van der Waals surface area contributed by atoms with Crippen LogP contribution < -0.4 is 20.2 Å². The average molecular weight is 329 g/mol. The normalized spacial score (nSPS) is 10.3. The maximum absolute atomic E-state index is 5.21. The summed E-state index contributed by atoms with van der Waals surface area (Å²) in [6.45, 7) is 0.648. The molecule has 0 aliphatic heterocycles. The Morgan fingerprint density at radius 2 is 1.74 bits per heavy atom. The van der Waals surface area contributed by atoms with Crippen LogP contribution in [0.25, 0.3) is 0 Å². The SMILES string of the molecule is COc1cc(/C=N/NC(=S)NCc2ccccc2)cc(OC)c1. The molecule has 2 aromatic carbocycles. The third-order valence-electron chi connectivity index (χ3n) is 3.05. The van der Waals surface area contributed by atoms with E-state index in [9.17, 15) is 0 Å². The Hall–Kier alpha value is -2.60. The monoisotopic (exact) mass is 329 g/mol. The Kier molecular flexibility index (Phi) is 6.38. The number of hydrazone groups is 1. The van der Waals surface area contributed by atoms with Crippen molar-refractivity contribution in [2.24, 2.45) is 5.10 Å². The summed E-state index contributed by atoms with van der Waals surface area (Å²) in [5, 5.41) is 7.66. The maximum Gasteiger partial charge on any atom is 0.187 e. The van der Waals surface area contributed by atoms with Crippen molar-refractivity contribution in [3.05, 3.63) is 59.7 Å². The zero-order valence-electron chi connectivity index (χ0n) is 13.1. The molecule has 0 aliphatic rings. The summed E-state index contributed by atoms with van der Waals surface area (Å²) in [4.78, 5) is 0. The van der Waals surface area contributed by atoms with Crippen molar-refractivity contribution in [1.29, 1.82) is 0 Å². The zero-order valence-corrected chi connectivity index (χ0v) is 13.9. The fraction of sp³-hybridized carbons (Fsp3) is 0.176. The van der Waals surface area contributed by atoms with Gasteiger partial charge in [-0.2, -0.15) is 5.10 Å². The van der Waals surface area contributed by atoms with E-state index in [1.165, 1.54) is 0 Å². The van der Waals surface area contributed by atoms with Crippen molar-refractivity contribution >= 4 is 23.5 Å². The Morgan fingerprint density at radius 3 is 2.35 bits per heavy atom. The van der Waals surface area contributed by atoms with E-state index in [0.29, 0.717) is 23.2 Å². The minimum Gasteiger partial charge on any atom is -0.497 e. The topological polar surface area (TPSA) is 54.9 Å². The number of hydrogen-bond donors (Lipinski definition) is 2. The van der Waals surface area contributed by atoms with Gasteiger partial charge >= 0.3 is 0 Å². The van der Waals surface area contributed by atoms with Crippen LogP contribution in [0.3, 0.4) is 0 Å². The summed E-state index contributed by atoms with van der Waals surface area (Å²) in [7, 11) is 3.22. The number of hydrogen-bond acceptors (Lipinski definition) is 4. The first-order valence-electron chi connectivity index (χ1n) is 7.05. The first kappa shape index (κ1) is 16.8. The van der Waals surface area contributed by atoms with Gasteiger partial charge in [0.15, 0.2) is 5.11 Å². The van der Waals surface area contributed by atoms with Crippen LogP contribution in [-0.2, 0) is 6.54 Å². The molecular formula is C17H19N3O2S. The summed E-state index contributed by atoms with van der Waals surface area (Å²) in [6, 6.07) is 15.5. The summed E-state index contributed by atoms with van der Waals surface area (Å²) >= 11 is 5.18. The van der Waals surface area contributed by atoms with Crippen LogP contribution in [0.1, 0.15) is 11.1 Å². The van der Waals surface area contributed by atoms with E-state index >= 15 is 0 Å². The van der Waals surface area contributed by atoms with Crippen molar-refractivity contribution in [3.63, 3.8) is 0 Å². The highest BCUT2D eigenvalue weighted by molar-refractivity contribution is 7.80. The minimum atomic E-state index is 0.458. The van der Waals surface area contributed by atoms with E-state index in [-0.39, 0.29) is 0 Å². The van der Waals surface area contributed by atoms with Gasteiger partial charge in [-0.1, -0.05) is 30.3 Å². The Balaban J connectivity index is 1.87. The molecule has 0 unspecified atom stereocenters. The molecule has 0 radical (unpaired) electrons. The van der Waals surface area contributed by atoms with Gasteiger partial charge in [0.1, 0.15) is 11.5 Å². The third-order valence-corrected chi connectivity index (χ3v) is 3.29. The quantitative estimate of drug-likeness (QED) is 0.485. The minimum absolute atomic E-state index is 0.458. The summed E-state index contributed by atoms with van der Waals surface area (Å²) < 4.78 is 10.4. The number of methoxy groups -OCH3 is 2. The first-order valence-corrected chi connectivity index (χ1v) is 7.46. The van der Waals surface area contributed by atoms with Gasteiger partial charge in [-0.15, -0.1) is 0 Å². The molecule has 23 heavy (non-hydrogen) atoms. The Labute approximate surface area is 141 Å². The molecule has 2 aromatic rings. The number of ether oxygens (including phenoxy) is 2. The van der Waals surface area contributed by atoms with Gasteiger partial charge < -0.3 is 14.8 Å². The second kappa shape index (κ2) is 8.75. The van der Waals surface area contributed by atoms with Crippen LogP contribution in [-0.4, -0.2) is 25.5 Å². The molecule has 120 valence electrons. The van der Waals surface area contributed by atoms with Gasteiger partial charge in [0, 0.05) is 18.2 Å². The molecular weight excluding hydrogens is 310 g/mol. The molecule has 5 nitrogen and oxygen atoms in total. The van der Waals surface area contributed by atoms with E-state index in [4.69, 9.17) is 21.7 Å². The molecule has 0 aliphatic carbocycles. The van der Waals surface area contributed by atoms with Crippen LogP contribution in [0.4, 0.5) is 0 Å². The molecule has 6 heteroatoms. The fourth-order valence-corrected chi connectivity index (χ4v) is 2.01. The van der Waals surface area contributed by atoms with E-state index in [1.807, 2.05) is 42.5 Å². The van der Waals surface area contributed by atoms with Crippen LogP contribution in [0.5, 0.6) is 11.5 Å². The summed E-state index contributed by atoms with van der Waals surface area (Å²) in [5.41, 5.74) is 4.78. The van der Waals surface area contributed by atoms with E-state index in [1.54, 1.807) is 26.5 Å². The molecule has 0 spiro atoms. The molecule has 0 heterocycles. The average Bonchev–Trinajstić information content (AvgIpc) is 2.60. The predicted molar refractivity (Wildman–Crippen MR) is 96.2 cm³/mol. The van der Waals surface area contributed by atoms with Gasteiger partial charge in [0.2, 0.25) is 0 Å². The third kappa shape index (κ3) is 5.60. The number of nitrogens with zero attached hydrogens (tertiary/aromatic N) is 1. The Morgan fingerprint density at radius 1 is 1.09 bits per heavy atom. The van der Waals surface area contributed by atoms with Crippen molar-refractivity contribution in [3.8, 4) is 11.5 Å². The van der Waals surface area contributed by atoms with Gasteiger partial charge in [-0.25, -0.2) is 0 Å². The van der Waals surface area contributed by atoms with Crippen molar-refractivity contribution < 1.29 is 9.47 Å². The van der Waals surface area contributed by atoms with E-state index in [0.717, 1.165) is 11.1 Å². The smallest absolute Gasteiger partial charge is 0.187 e. The second-order valence-corrected chi connectivity index (χ2v) is 5.09. The van der Waals surface area contributed by atoms with Crippen molar-refractivity contribution in [2.45, 2.75) is 6.54 Å². The standard InChI is InChI=1S/C17H19N3O2S/c1-21-15-8-14(9-16(10-15)22-2)12-19-20-17(23)18-11-13-6-4-3-5-7-13/h3-10,12H,11H2,1-2H3,(H2,18,20,23)/b19-12+. The molecule has 0 amide bonds. The van der Waals surface area contributed by atoms with Crippen LogP contribution >= 0.6 is 12.2 Å². The number of nitrogens with one attached hydrogen (secondary N) is 2. The molecule has 0 atom stereocenters. The number of thiocarbonyl (C=S) groups is 1. The zero-order chi connectivity index (χ0) is 16.5. The maximum atomic E-state index is 5.21. The highest BCUT2D eigenvalue weighted by Gasteiger charge is 2.00. The lowest BCUT2D eigenvalue weighted by molar-refractivity contribution is 0.394. The van der Waals surface area contributed by atoms with Crippen LogP contribution in [0, 0.1) is 0 Å². The molecule has 0 saturated carbocycles. The number of rotatable bonds is 6. The van der Waals surface area contributed by atoms with Gasteiger partial charge in [0.05, 0.1) is 20.4 Å². The van der Waals surface area contributed by atoms with E-state index < -0.39 is 0 Å². The fourth-order valence-electron chi connectivity index (χ4n) is 1.89. The highest BCUT2D eigenvalue weighted by Crippen LogP contribution is 2.21. The molecule has 2 N–H and O–H groups in total. The van der Waals surface area contributed by atoms with Gasteiger partial charge in [-0.05, 0) is 29.9 Å². The molecule has 2 rings (SSSR count). The highest BCUT2D eigenvalue weighted by atomic mass is 32.1. The van der Waals surface area contributed by atoms with Crippen molar-refractivity contribution in [1.82, 2.24) is 10.7 Å².